The number of benzene rings is 1. The summed E-state index contributed by atoms with van der Waals surface area (Å²) in [6.45, 7) is -0.0623. The monoisotopic (exact) mass is 474 g/mol. The Hall–Kier alpha value is -1.81. The first-order valence-electron chi connectivity index (χ1n) is 10.7. The van der Waals surface area contributed by atoms with Crippen LogP contribution >= 0.6 is 11.8 Å². The number of alkyl halides is 3. The number of rotatable bonds is 6. The zero-order valence-electron chi connectivity index (χ0n) is 17.1. The van der Waals surface area contributed by atoms with Crippen molar-refractivity contribution in [3.05, 3.63) is 34.1 Å². The normalized spacial score (nSPS) is 18.8. The van der Waals surface area contributed by atoms with Crippen LogP contribution in [0, 0.1) is 5.82 Å². The van der Waals surface area contributed by atoms with E-state index in [0.717, 1.165) is 25.7 Å². The third kappa shape index (κ3) is 6.37. The molecule has 0 unspecified atom stereocenters. The van der Waals surface area contributed by atoms with Crippen LogP contribution in [0.1, 0.15) is 51.8 Å². The fourth-order valence-corrected chi connectivity index (χ4v) is 5.49. The highest BCUT2D eigenvalue weighted by molar-refractivity contribution is 7.99. The van der Waals surface area contributed by atoms with Crippen LogP contribution in [0.5, 0.6) is 0 Å². The van der Waals surface area contributed by atoms with Gasteiger partial charge in [-0.1, -0.05) is 20.3 Å². The van der Waals surface area contributed by atoms with Gasteiger partial charge in [0.25, 0.3) is 5.56 Å². The molecule has 1 aromatic carbocycles. The maximum Gasteiger partial charge on any atom is 0.401 e. The molecule has 178 valence electrons. The zero-order valence-corrected chi connectivity index (χ0v) is 17.9. The molecule has 1 aliphatic heterocycles. The average Bonchev–Trinajstić information content (AvgIpc) is 3.18. The molecule has 0 amide bonds. The molecule has 0 spiro atoms. The van der Waals surface area contributed by atoms with E-state index in [1.54, 1.807) is 17.8 Å². The van der Waals surface area contributed by atoms with Gasteiger partial charge in [0.1, 0.15) is 17.0 Å². The highest BCUT2D eigenvalue weighted by Crippen LogP contribution is 2.29. The Morgan fingerprint density at radius 2 is 1.84 bits per heavy atom. The van der Waals surface area contributed by atoms with Gasteiger partial charge >= 0.3 is 6.18 Å². The molecule has 5 nitrogen and oxygen atoms in total. The minimum absolute atomic E-state index is 0. The van der Waals surface area contributed by atoms with Gasteiger partial charge in [0.15, 0.2) is 0 Å². The van der Waals surface area contributed by atoms with Crippen molar-refractivity contribution < 1.29 is 17.6 Å². The van der Waals surface area contributed by atoms with Gasteiger partial charge in [-0.15, -0.1) is 0 Å². The third-order valence-corrected chi connectivity index (χ3v) is 7.31. The van der Waals surface area contributed by atoms with Crippen LogP contribution < -0.4 is 10.9 Å². The molecule has 2 aliphatic rings. The van der Waals surface area contributed by atoms with Crippen LogP contribution in [0.2, 0.25) is 0 Å². The smallest absolute Gasteiger partial charge is 0.382 e. The molecule has 32 heavy (non-hydrogen) atoms. The lowest BCUT2D eigenvalue weighted by atomic mass is 10.1. The molecular weight excluding hydrogens is 444 g/mol. The van der Waals surface area contributed by atoms with E-state index in [1.165, 1.54) is 11.0 Å². The number of hydrogen-bond acceptors (Lipinski definition) is 5. The number of likely N-dealkylation sites (tertiary alicyclic amines) is 1. The molecule has 1 saturated heterocycles. The standard InChI is InChI=1S/C21H26F4N4OS.CH4/c22-16-9-14(26-13-3-1-2-4-13)10-17-19(16)20(30)28-18(27-17)11-31-15-5-7-29(8-6-15)12-21(23,24)25;/h9-10,13,15,26H,1-8,11-12H2,(H,27,28,30);1H4. The summed E-state index contributed by atoms with van der Waals surface area (Å²) in [6, 6.07) is 3.38. The first-order chi connectivity index (χ1) is 14.8. The summed E-state index contributed by atoms with van der Waals surface area (Å²) in [5.74, 6) is 0.289. The molecule has 1 aliphatic carbocycles. The third-order valence-electron chi connectivity index (χ3n) is 5.93. The van der Waals surface area contributed by atoms with Gasteiger partial charge in [-0.05, 0) is 50.9 Å². The number of nitrogens with one attached hydrogen (secondary N) is 2. The van der Waals surface area contributed by atoms with Crippen molar-refractivity contribution in [3.63, 3.8) is 0 Å². The van der Waals surface area contributed by atoms with E-state index < -0.39 is 24.1 Å². The van der Waals surface area contributed by atoms with Gasteiger partial charge in [-0.3, -0.25) is 9.69 Å². The SMILES string of the molecule is C.O=c1[nH]c(CSC2CCN(CC(F)(F)F)CC2)nc2cc(NC3CCCC3)cc(F)c12. The number of halogens is 4. The summed E-state index contributed by atoms with van der Waals surface area (Å²) in [6.07, 6.45) is 1.54. The number of hydrogen-bond donors (Lipinski definition) is 2. The van der Waals surface area contributed by atoms with E-state index >= 15 is 0 Å². The summed E-state index contributed by atoms with van der Waals surface area (Å²) in [5, 5.41) is 3.49. The van der Waals surface area contributed by atoms with Crippen molar-refractivity contribution in [1.29, 1.82) is 0 Å². The number of aromatic nitrogens is 2. The number of fused-ring (bicyclic) bond motifs is 1. The summed E-state index contributed by atoms with van der Waals surface area (Å²) >= 11 is 1.57. The Bertz CT molecular complexity index is 967. The first-order valence-corrected chi connectivity index (χ1v) is 11.7. The van der Waals surface area contributed by atoms with E-state index in [0.29, 0.717) is 54.8 Å². The summed E-state index contributed by atoms with van der Waals surface area (Å²) < 4.78 is 52.1. The Balaban J connectivity index is 0.00000289. The molecule has 0 radical (unpaired) electrons. The quantitative estimate of drug-likeness (QED) is 0.556. The lowest BCUT2D eigenvalue weighted by Crippen LogP contribution is -2.40. The van der Waals surface area contributed by atoms with Crippen LogP contribution in [0.15, 0.2) is 16.9 Å². The Morgan fingerprint density at radius 3 is 2.50 bits per heavy atom. The van der Waals surface area contributed by atoms with Gasteiger partial charge < -0.3 is 10.3 Å². The second kappa shape index (κ2) is 10.4. The van der Waals surface area contributed by atoms with E-state index in [1.807, 2.05) is 0 Å². The number of thioether (sulfide) groups is 1. The largest absolute Gasteiger partial charge is 0.401 e. The van der Waals surface area contributed by atoms with Gasteiger partial charge in [-0.25, -0.2) is 9.37 Å². The maximum absolute atomic E-state index is 14.6. The minimum atomic E-state index is -4.17. The maximum atomic E-state index is 14.6. The van der Waals surface area contributed by atoms with Crippen LogP contribution in [0.4, 0.5) is 23.2 Å². The van der Waals surface area contributed by atoms with Gasteiger partial charge in [0.2, 0.25) is 0 Å². The molecule has 0 atom stereocenters. The highest BCUT2D eigenvalue weighted by Gasteiger charge is 2.32. The van der Waals surface area contributed by atoms with E-state index in [4.69, 9.17) is 0 Å². The van der Waals surface area contributed by atoms with Crippen LogP contribution in [-0.2, 0) is 5.75 Å². The molecule has 0 bridgehead atoms. The molecule has 10 heteroatoms. The molecule has 2 fully saturated rings. The number of piperidine rings is 1. The zero-order chi connectivity index (χ0) is 22.0. The molecule has 4 rings (SSSR count). The molecule has 2 aromatic rings. The number of H-pyrrole nitrogens is 1. The van der Waals surface area contributed by atoms with Gasteiger partial charge in [0, 0.05) is 17.0 Å². The lowest BCUT2D eigenvalue weighted by molar-refractivity contribution is -0.147. The first kappa shape index (κ1) is 24.8. The van der Waals surface area contributed by atoms with E-state index in [9.17, 15) is 22.4 Å². The van der Waals surface area contributed by atoms with E-state index in [-0.39, 0.29) is 18.1 Å². The Labute approximate surface area is 189 Å². The van der Waals surface area contributed by atoms with Crippen molar-refractivity contribution in [3.8, 4) is 0 Å². The number of aromatic amines is 1. The molecule has 1 aromatic heterocycles. The minimum Gasteiger partial charge on any atom is -0.382 e. The summed E-state index contributed by atoms with van der Waals surface area (Å²) in [4.78, 5) is 21.0. The van der Waals surface area contributed by atoms with Crippen LogP contribution in [-0.4, -0.2) is 52.0 Å². The molecule has 2 heterocycles. The fourth-order valence-electron chi connectivity index (χ4n) is 4.41. The fraction of sp³-hybridized carbons (Fsp3) is 0.636. The van der Waals surface area contributed by atoms with Gasteiger partial charge in [-0.2, -0.15) is 24.9 Å². The van der Waals surface area contributed by atoms with Gasteiger partial charge in [0.05, 0.1) is 17.8 Å². The molecular formula is C22H30F4N4OS. The lowest BCUT2D eigenvalue weighted by Gasteiger charge is -2.31. The summed E-state index contributed by atoms with van der Waals surface area (Å²) in [5.41, 5.74) is 0.441. The predicted molar refractivity (Wildman–Crippen MR) is 122 cm³/mol. The van der Waals surface area contributed by atoms with Crippen molar-refractivity contribution in [2.75, 3.05) is 25.0 Å². The Kier molecular flexibility index (Phi) is 8.08. The van der Waals surface area contributed by atoms with Crippen LogP contribution in [0.3, 0.4) is 0 Å². The Morgan fingerprint density at radius 1 is 1.16 bits per heavy atom. The second-order valence-electron chi connectivity index (χ2n) is 8.39. The van der Waals surface area contributed by atoms with Crippen LogP contribution in [0.25, 0.3) is 10.9 Å². The van der Waals surface area contributed by atoms with Crippen molar-refractivity contribution in [1.82, 2.24) is 14.9 Å². The highest BCUT2D eigenvalue weighted by atomic mass is 32.2. The van der Waals surface area contributed by atoms with E-state index in [2.05, 4.69) is 15.3 Å². The molecule has 2 N–H and O–H groups in total. The van der Waals surface area contributed by atoms with Crippen molar-refractivity contribution >= 4 is 28.4 Å². The van der Waals surface area contributed by atoms with Crippen molar-refractivity contribution in [2.45, 2.75) is 69.2 Å². The number of anilines is 1. The average molecular weight is 475 g/mol. The molecule has 1 saturated carbocycles. The topological polar surface area (TPSA) is 61.0 Å². The summed E-state index contributed by atoms with van der Waals surface area (Å²) in [7, 11) is 0. The predicted octanol–water partition coefficient (Wildman–Crippen LogP) is 5.31. The van der Waals surface area contributed by atoms with Crippen molar-refractivity contribution in [2.24, 2.45) is 0 Å². The number of nitrogens with zero attached hydrogens (tertiary/aromatic N) is 2. The second-order valence-corrected chi connectivity index (χ2v) is 9.68.